The molecule has 4 aromatic carbocycles. The van der Waals surface area contributed by atoms with Crippen molar-refractivity contribution in [2.24, 2.45) is 20.5 Å². The zero-order valence-corrected chi connectivity index (χ0v) is 28.9. The highest BCUT2D eigenvalue weighted by molar-refractivity contribution is 6.10. The zero-order chi connectivity index (χ0) is 38.5. The second kappa shape index (κ2) is 20.7. The summed E-state index contributed by atoms with van der Waals surface area (Å²) in [5.41, 5.74) is 40.3. The van der Waals surface area contributed by atoms with Crippen LogP contribution in [0.4, 0.5) is 22.7 Å². The molecular weight excluding hydrogens is 683 g/mol. The first-order valence-electron chi connectivity index (χ1n) is 16.1. The molecule has 15 heteroatoms. The lowest BCUT2D eigenvalue weighted by molar-refractivity contribution is -0.113. The Morgan fingerprint density at radius 3 is 1.24 bits per heavy atom. The summed E-state index contributed by atoms with van der Waals surface area (Å²) in [5.74, 6) is -0.124. The van der Waals surface area contributed by atoms with Crippen LogP contribution in [0.25, 0.3) is 60.0 Å². The number of benzene rings is 4. The molecule has 1 aliphatic heterocycles. The Bertz CT molecular complexity index is 2220. The summed E-state index contributed by atoms with van der Waals surface area (Å²) in [6, 6.07) is 27.5. The van der Waals surface area contributed by atoms with Gasteiger partial charge in [0.2, 0.25) is 0 Å². The van der Waals surface area contributed by atoms with Crippen LogP contribution in [0, 0.1) is 0 Å². The SMILES string of the molecule is CN1CC(=CC=Cc2ccc(N=[N+]=[N-])cc2)C(=O)C(=CC=Cc2ccc(N=[N+]=[N-])cc2)C1.[N-]=[N+]=Nc1ccc(C=CC(=O)c2ccc(N=[N+]=[N-])cc2)cc1. The molecule has 0 aromatic heterocycles. The number of hydrogen-bond acceptors (Lipinski definition) is 7. The summed E-state index contributed by atoms with van der Waals surface area (Å²) in [7, 11) is 1.98. The van der Waals surface area contributed by atoms with Crippen LogP contribution in [0.15, 0.2) is 159 Å². The number of allylic oxidation sites excluding steroid dienone is 5. The van der Waals surface area contributed by atoms with E-state index in [1.54, 1.807) is 78.9 Å². The molecule has 0 spiro atoms. The number of hydrogen-bond donors (Lipinski definition) is 0. The van der Waals surface area contributed by atoms with Crippen LogP contribution in [0.3, 0.4) is 0 Å². The van der Waals surface area contributed by atoms with Crippen molar-refractivity contribution in [1.82, 2.24) is 4.90 Å². The molecule has 0 saturated carbocycles. The molecule has 0 amide bonds. The molecule has 1 heterocycles. The van der Waals surface area contributed by atoms with Crippen molar-refractivity contribution in [3.05, 3.63) is 203 Å². The van der Waals surface area contributed by atoms with Crippen molar-refractivity contribution in [3.8, 4) is 0 Å². The molecular formula is C39H31N13O2. The van der Waals surface area contributed by atoms with Crippen LogP contribution < -0.4 is 0 Å². The van der Waals surface area contributed by atoms with Gasteiger partial charge in [0.15, 0.2) is 11.6 Å². The van der Waals surface area contributed by atoms with Crippen LogP contribution >= 0.6 is 0 Å². The first-order chi connectivity index (χ1) is 26.3. The lowest BCUT2D eigenvalue weighted by Gasteiger charge is -2.25. The van der Waals surface area contributed by atoms with Gasteiger partial charge in [-0.15, -0.1) is 0 Å². The highest BCUT2D eigenvalue weighted by Crippen LogP contribution is 2.20. The summed E-state index contributed by atoms with van der Waals surface area (Å²) in [6.45, 7) is 1.17. The molecule has 0 radical (unpaired) electrons. The summed E-state index contributed by atoms with van der Waals surface area (Å²) >= 11 is 0. The predicted octanol–water partition coefficient (Wildman–Crippen LogP) is 12.1. The van der Waals surface area contributed by atoms with Crippen molar-refractivity contribution in [3.63, 3.8) is 0 Å². The summed E-state index contributed by atoms with van der Waals surface area (Å²) in [4.78, 5) is 37.8. The van der Waals surface area contributed by atoms with Crippen LogP contribution in [0.5, 0.6) is 0 Å². The fraction of sp³-hybridized carbons (Fsp3) is 0.0769. The first kappa shape index (κ1) is 38.9. The van der Waals surface area contributed by atoms with Gasteiger partial charge < -0.3 is 0 Å². The largest absolute Gasteiger partial charge is 0.298 e. The van der Waals surface area contributed by atoms with Crippen molar-refractivity contribution >= 4 is 52.5 Å². The number of carbonyl (C=O) groups excluding carboxylic acids is 2. The van der Waals surface area contributed by atoms with Gasteiger partial charge in [0.25, 0.3) is 0 Å². The van der Waals surface area contributed by atoms with E-state index in [1.807, 2.05) is 67.8 Å². The molecule has 4 aromatic rings. The maximum absolute atomic E-state index is 12.9. The number of carbonyl (C=O) groups is 2. The normalized spacial score (nSPS) is 14.1. The van der Waals surface area contributed by atoms with Gasteiger partial charge in [-0.25, -0.2) is 0 Å². The number of ketones is 2. The number of rotatable bonds is 11. The van der Waals surface area contributed by atoms with Crippen LogP contribution in [-0.2, 0) is 4.79 Å². The van der Waals surface area contributed by atoms with E-state index in [4.69, 9.17) is 22.1 Å². The predicted molar refractivity (Wildman–Crippen MR) is 211 cm³/mol. The molecule has 1 saturated heterocycles. The summed E-state index contributed by atoms with van der Waals surface area (Å²) < 4.78 is 0. The molecule has 0 aliphatic carbocycles. The smallest absolute Gasteiger partial charge is 0.187 e. The lowest BCUT2D eigenvalue weighted by Crippen LogP contribution is -2.34. The number of Topliss-reactive ketones (excluding diaryl/α,β-unsaturated/α-hetero) is 1. The molecule has 1 fully saturated rings. The topological polar surface area (TPSA) is 232 Å². The van der Waals surface area contributed by atoms with E-state index in [0.29, 0.717) is 41.4 Å². The van der Waals surface area contributed by atoms with Crippen LogP contribution in [-0.4, -0.2) is 36.6 Å². The van der Waals surface area contributed by atoms with E-state index in [0.717, 1.165) is 27.8 Å². The van der Waals surface area contributed by atoms with E-state index in [9.17, 15) is 9.59 Å². The van der Waals surface area contributed by atoms with E-state index in [-0.39, 0.29) is 11.6 Å². The fourth-order valence-electron chi connectivity index (χ4n) is 4.92. The molecule has 15 nitrogen and oxygen atoms in total. The van der Waals surface area contributed by atoms with Gasteiger partial charge in [-0.05, 0) is 51.9 Å². The molecule has 1 aliphatic rings. The second-order valence-electron chi connectivity index (χ2n) is 11.4. The minimum atomic E-state index is -0.161. The quantitative estimate of drug-likeness (QED) is 0.0485. The molecule has 5 rings (SSSR count). The van der Waals surface area contributed by atoms with E-state index in [1.165, 1.54) is 6.08 Å². The Labute approximate surface area is 309 Å². The molecule has 54 heavy (non-hydrogen) atoms. The monoisotopic (exact) mass is 713 g/mol. The molecule has 0 bridgehead atoms. The van der Waals surface area contributed by atoms with Crippen molar-refractivity contribution in [1.29, 1.82) is 0 Å². The summed E-state index contributed by atoms with van der Waals surface area (Å²) in [6.07, 6.45) is 14.3. The second-order valence-corrected chi connectivity index (χ2v) is 11.4. The van der Waals surface area contributed by atoms with Gasteiger partial charge in [0.1, 0.15) is 0 Å². The Morgan fingerprint density at radius 2 is 0.889 bits per heavy atom. The lowest BCUT2D eigenvalue weighted by atomic mass is 9.97. The minimum Gasteiger partial charge on any atom is -0.298 e. The van der Waals surface area contributed by atoms with Gasteiger partial charge in [-0.3, -0.25) is 14.5 Å². The molecule has 0 N–H and O–H groups in total. The Balaban J connectivity index is 0.000000258. The van der Waals surface area contributed by atoms with Crippen molar-refractivity contribution in [2.45, 2.75) is 0 Å². The van der Waals surface area contributed by atoms with Crippen LogP contribution in [0.1, 0.15) is 27.0 Å². The fourth-order valence-corrected chi connectivity index (χ4v) is 4.92. The Hall–Kier alpha value is -7.88. The number of azide groups is 4. The molecule has 0 atom stereocenters. The maximum atomic E-state index is 12.9. The minimum absolute atomic E-state index is 0.0369. The van der Waals surface area contributed by atoms with Crippen molar-refractivity contribution < 1.29 is 9.59 Å². The van der Waals surface area contributed by atoms with Gasteiger partial charge in [0.05, 0.1) is 0 Å². The van der Waals surface area contributed by atoms with Gasteiger partial charge >= 0.3 is 0 Å². The third-order valence-corrected chi connectivity index (χ3v) is 7.54. The molecule has 264 valence electrons. The van der Waals surface area contributed by atoms with Crippen LogP contribution in [0.2, 0.25) is 0 Å². The number of piperidine rings is 1. The summed E-state index contributed by atoms with van der Waals surface area (Å²) in [5, 5.41) is 14.0. The number of nitrogens with zero attached hydrogens (tertiary/aromatic N) is 13. The van der Waals surface area contributed by atoms with Crippen molar-refractivity contribution in [2.75, 3.05) is 20.1 Å². The van der Waals surface area contributed by atoms with E-state index < -0.39 is 0 Å². The number of likely N-dealkylation sites (tertiary alicyclic amines) is 1. The average Bonchev–Trinajstić information content (AvgIpc) is 3.18. The van der Waals surface area contributed by atoms with Gasteiger partial charge in [-0.1, -0.05) is 160 Å². The highest BCUT2D eigenvalue weighted by atomic mass is 16.1. The third kappa shape index (κ3) is 12.5. The average molecular weight is 714 g/mol. The maximum Gasteiger partial charge on any atom is 0.187 e. The molecule has 0 unspecified atom stereocenters. The first-order valence-corrected chi connectivity index (χ1v) is 16.1. The standard InChI is InChI=1S/C24H21N7O.C15H10N6O/c1-31-16-20(6-2-4-18-8-12-22(13-9-18)27-29-25)24(32)21(17-31)7-3-5-19-10-14-23(15-11-19)28-30-26;16-20-18-13-6-1-11(2-7-13)3-10-15(22)12-4-8-14(9-5-12)19-21-17/h2-15H,16-17H2,1H3;1-10H. The van der Waals surface area contributed by atoms with E-state index in [2.05, 4.69) is 45.0 Å². The number of likely N-dealkylation sites (N-methyl/N-ethyl adjacent to an activating group) is 1. The van der Waals surface area contributed by atoms with E-state index >= 15 is 0 Å². The van der Waals surface area contributed by atoms with Gasteiger partial charge in [0, 0.05) is 72.2 Å². The Morgan fingerprint density at radius 1 is 0.556 bits per heavy atom. The highest BCUT2D eigenvalue weighted by Gasteiger charge is 2.22. The third-order valence-electron chi connectivity index (χ3n) is 7.54. The Kier molecular flexibility index (Phi) is 14.9. The van der Waals surface area contributed by atoms with Gasteiger partial charge in [-0.2, -0.15) is 0 Å². The zero-order valence-electron chi connectivity index (χ0n) is 28.9.